The first-order valence-electron chi connectivity index (χ1n) is 6.65. The largest absolute Gasteiger partial charge is 0.284 e. The van der Waals surface area contributed by atoms with Crippen LogP contribution >= 0.6 is 7.59 Å². The fraction of sp³-hybridized carbons (Fsp3) is 1.00. The first-order valence-corrected chi connectivity index (χ1v) is 8.26. The Balaban J connectivity index is 5.26. The first kappa shape index (κ1) is 17.1. The second kappa shape index (κ2) is 6.89. The Kier molecular flexibility index (Phi) is 6.93. The lowest BCUT2D eigenvalue weighted by Gasteiger charge is -2.41. The maximum Gasteiger partial charge on any atom is 0.284 e. The molecule has 0 rings (SSSR count). The van der Waals surface area contributed by atoms with Gasteiger partial charge in [-0.15, -0.1) is 0 Å². The third-order valence-electron chi connectivity index (χ3n) is 2.71. The molecule has 0 aromatic carbocycles. The van der Waals surface area contributed by atoms with E-state index >= 15 is 0 Å². The van der Waals surface area contributed by atoms with E-state index in [2.05, 4.69) is 53.6 Å². The summed E-state index contributed by atoms with van der Waals surface area (Å²) in [6.45, 7) is 17.6. The van der Waals surface area contributed by atoms with E-state index < -0.39 is 7.59 Å². The van der Waals surface area contributed by atoms with Gasteiger partial charge in [0.1, 0.15) is 0 Å². The number of hydrogen-bond acceptors (Lipinski definition) is 1. The van der Waals surface area contributed by atoms with Crippen molar-refractivity contribution in [3.8, 4) is 0 Å². The minimum atomic E-state index is -2.64. The van der Waals surface area contributed by atoms with E-state index in [0.29, 0.717) is 0 Å². The zero-order chi connectivity index (χ0) is 13.7. The highest BCUT2D eigenvalue weighted by Gasteiger charge is 2.37. The second-order valence-electron chi connectivity index (χ2n) is 5.18. The molecule has 104 valence electrons. The summed E-state index contributed by atoms with van der Waals surface area (Å²) in [5.74, 6) is 0. The smallest absolute Gasteiger partial charge is 0.270 e. The van der Waals surface area contributed by atoms with Gasteiger partial charge in [-0.25, -0.2) is 14.4 Å². The van der Waals surface area contributed by atoms with Gasteiger partial charge in [0.2, 0.25) is 0 Å². The molecule has 0 unspecified atom stereocenters. The van der Waals surface area contributed by atoms with Gasteiger partial charge in [0.25, 0.3) is 7.59 Å². The Morgan fingerprint density at radius 1 is 0.882 bits per heavy atom. The molecule has 0 aliphatic heterocycles. The lowest BCUT2D eigenvalue weighted by atomic mass is 10.1. The summed E-state index contributed by atoms with van der Waals surface area (Å²) in [6.07, 6.45) is 0. The molecular formula is C12H30N3OP. The molecule has 0 fully saturated rings. The number of hydrogen-bond donors (Lipinski definition) is 1. The Hall–Kier alpha value is 0.110. The van der Waals surface area contributed by atoms with Crippen LogP contribution in [0.1, 0.15) is 48.5 Å². The van der Waals surface area contributed by atoms with Crippen LogP contribution in [0.5, 0.6) is 0 Å². The van der Waals surface area contributed by atoms with Crippen LogP contribution in [0, 0.1) is 0 Å². The van der Waals surface area contributed by atoms with Gasteiger partial charge in [-0.2, -0.15) is 0 Å². The average Bonchev–Trinajstić information content (AvgIpc) is 2.18. The minimum Gasteiger partial charge on any atom is -0.270 e. The van der Waals surface area contributed by atoms with Gasteiger partial charge in [0, 0.05) is 31.7 Å². The highest BCUT2D eigenvalue weighted by Crippen LogP contribution is 2.50. The third kappa shape index (κ3) is 4.70. The molecule has 4 nitrogen and oxygen atoms in total. The highest BCUT2D eigenvalue weighted by molar-refractivity contribution is 7.57. The van der Waals surface area contributed by atoms with E-state index in [-0.39, 0.29) is 5.54 Å². The zero-order valence-electron chi connectivity index (χ0n) is 12.6. The summed E-state index contributed by atoms with van der Waals surface area (Å²) < 4.78 is 17.4. The molecule has 1 N–H and O–H groups in total. The summed E-state index contributed by atoms with van der Waals surface area (Å²) in [5.41, 5.74) is -0.152. The summed E-state index contributed by atoms with van der Waals surface area (Å²) in [7, 11) is -2.64. The Morgan fingerprint density at radius 3 is 1.35 bits per heavy atom. The highest BCUT2D eigenvalue weighted by atomic mass is 31.2. The first-order chi connectivity index (χ1) is 7.75. The Labute approximate surface area is 107 Å². The van der Waals surface area contributed by atoms with E-state index in [4.69, 9.17) is 0 Å². The van der Waals surface area contributed by atoms with E-state index in [1.54, 1.807) is 0 Å². The van der Waals surface area contributed by atoms with Crippen LogP contribution < -0.4 is 5.09 Å². The lowest BCUT2D eigenvalue weighted by Crippen LogP contribution is -2.45. The standard InChI is InChI=1S/C12H30N3OP/c1-8-14(9-2)17(16,13-12(5,6)7)15(10-3)11-4/h8-11H2,1-7H3,(H,13,16). The SMILES string of the molecule is CCN(CC)P(=O)(NC(C)(C)C)N(CC)CC. The summed E-state index contributed by atoms with van der Waals surface area (Å²) in [5, 5.41) is 3.34. The van der Waals surface area contributed by atoms with Crippen molar-refractivity contribution in [1.29, 1.82) is 0 Å². The second-order valence-corrected chi connectivity index (χ2v) is 7.63. The van der Waals surface area contributed by atoms with Gasteiger partial charge >= 0.3 is 0 Å². The fourth-order valence-electron chi connectivity index (χ4n) is 1.97. The van der Waals surface area contributed by atoms with Crippen LogP contribution in [0.2, 0.25) is 0 Å². The third-order valence-corrected chi connectivity index (χ3v) is 6.33. The van der Waals surface area contributed by atoms with E-state index in [1.807, 2.05) is 9.34 Å². The number of nitrogens with zero attached hydrogens (tertiary/aromatic N) is 2. The summed E-state index contributed by atoms with van der Waals surface area (Å²) in [6, 6.07) is 0. The molecule has 5 heteroatoms. The summed E-state index contributed by atoms with van der Waals surface area (Å²) >= 11 is 0. The molecule has 0 aliphatic carbocycles. The Morgan fingerprint density at radius 2 is 1.18 bits per heavy atom. The average molecular weight is 263 g/mol. The van der Waals surface area contributed by atoms with E-state index in [9.17, 15) is 4.57 Å². The van der Waals surface area contributed by atoms with Crippen LogP contribution in [0.4, 0.5) is 0 Å². The summed E-state index contributed by atoms with van der Waals surface area (Å²) in [4.78, 5) is 0. The molecule has 0 heterocycles. The molecule has 0 aromatic heterocycles. The molecule has 0 aliphatic rings. The van der Waals surface area contributed by atoms with Crippen LogP contribution in [0.15, 0.2) is 0 Å². The van der Waals surface area contributed by atoms with Gasteiger partial charge in [-0.05, 0) is 20.8 Å². The number of nitrogens with one attached hydrogen (secondary N) is 1. The van der Waals surface area contributed by atoms with Gasteiger partial charge in [-0.1, -0.05) is 27.7 Å². The van der Waals surface area contributed by atoms with Crippen molar-refractivity contribution >= 4 is 7.59 Å². The fourth-order valence-corrected chi connectivity index (χ4v) is 5.02. The van der Waals surface area contributed by atoms with Gasteiger partial charge in [0.15, 0.2) is 0 Å². The minimum absolute atomic E-state index is 0.152. The molecule has 0 saturated carbocycles. The van der Waals surface area contributed by atoms with Crippen molar-refractivity contribution in [2.24, 2.45) is 0 Å². The van der Waals surface area contributed by atoms with Crippen molar-refractivity contribution in [2.45, 2.75) is 54.0 Å². The molecular weight excluding hydrogens is 233 g/mol. The van der Waals surface area contributed by atoms with Crippen molar-refractivity contribution in [1.82, 2.24) is 14.4 Å². The zero-order valence-corrected chi connectivity index (χ0v) is 13.5. The molecule has 0 atom stereocenters. The Bertz CT molecular complexity index is 239. The van der Waals surface area contributed by atoms with Crippen molar-refractivity contribution in [2.75, 3.05) is 26.2 Å². The normalized spacial score (nSPS) is 13.7. The van der Waals surface area contributed by atoms with E-state index in [0.717, 1.165) is 26.2 Å². The van der Waals surface area contributed by atoms with Gasteiger partial charge in [0.05, 0.1) is 0 Å². The van der Waals surface area contributed by atoms with Crippen LogP contribution in [0.3, 0.4) is 0 Å². The molecule has 0 bridgehead atoms. The topological polar surface area (TPSA) is 35.6 Å². The van der Waals surface area contributed by atoms with Crippen molar-refractivity contribution < 1.29 is 4.57 Å². The quantitative estimate of drug-likeness (QED) is 0.716. The predicted octanol–water partition coefficient (Wildman–Crippen LogP) is 3.17. The molecule has 0 aromatic rings. The maximum absolute atomic E-state index is 13.3. The van der Waals surface area contributed by atoms with Crippen molar-refractivity contribution in [3.05, 3.63) is 0 Å². The van der Waals surface area contributed by atoms with Gasteiger partial charge < -0.3 is 0 Å². The number of rotatable bonds is 7. The molecule has 17 heavy (non-hydrogen) atoms. The van der Waals surface area contributed by atoms with Crippen LogP contribution in [-0.4, -0.2) is 41.1 Å². The maximum atomic E-state index is 13.3. The molecule has 0 radical (unpaired) electrons. The predicted molar refractivity (Wildman–Crippen MR) is 76.3 cm³/mol. The molecule has 0 spiro atoms. The lowest BCUT2D eigenvalue weighted by molar-refractivity contribution is 0.329. The van der Waals surface area contributed by atoms with Gasteiger partial charge in [-0.3, -0.25) is 4.57 Å². The van der Waals surface area contributed by atoms with Crippen LogP contribution in [0.25, 0.3) is 0 Å². The van der Waals surface area contributed by atoms with E-state index in [1.165, 1.54) is 0 Å². The van der Waals surface area contributed by atoms with Crippen molar-refractivity contribution in [3.63, 3.8) is 0 Å². The van der Waals surface area contributed by atoms with Crippen LogP contribution in [-0.2, 0) is 4.57 Å². The molecule has 0 amide bonds. The monoisotopic (exact) mass is 263 g/mol. The molecule has 0 saturated heterocycles.